The standard InChI is InChI=1S/C18H25ClFN3O/c1-22(2)10-6-9-17(24)21-13-16(23-11-3-4-12-23)18-14(19)7-5-8-15(18)20/h5-9,16H,3-4,10-13H2,1-2H3,(H,21,24)/b9-6+. The lowest BCUT2D eigenvalue weighted by Gasteiger charge is -2.29. The summed E-state index contributed by atoms with van der Waals surface area (Å²) in [4.78, 5) is 16.1. The molecule has 2 rings (SSSR count). The zero-order valence-electron chi connectivity index (χ0n) is 14.3. The molecule has 132 valence electrons. The molecule has 1 unspecified atom stereocenters. The zero-order chi connectivity index (χ0) is 17.5. The van der Waals surface area contributed by atoms with Crippen molar-refractivity contribution in [1.29, 1.82) is 0 Å². The molecule has 1 amide bonds. The van der Waals surface area contributed by atoms with Crippen LogP contribution in [-0.4, -0.2) is 56.0 Å². The van der Waals surface area contributed by atoms with Crippen LogP contribution in [0.4, 0.5) is 4.39 Å². The molecule has 0 radical (unpaired) electrons. The fourth-order valence-electron chi connectivity index (χ4n) is 2.92. The minimum absolute atomic E-state index is 0.173. The number of nitrogens with one attached hydrogen (secondary N) is 1. The van der Waals surface area contributed by atoms with E-state index in [-0.39, 0.29) is 17.8 Å². The molecular formula is C18H25ClFN3O. The fourth-order valence-corrected chi connectivity index (χ4v) is 3.21. The second-order valence-electron chi connectivity index (χ2n) is 6.30. The normalized spacial score (nSPS) is 16.9. The lowest BCUT2D eigenvalue weighted by molar-refractivity contribution is -0.116. The van der Waals surface area contributed by atoms with Gasteiger partial charge in [0.2, 0.25) is 5.91 Å². The Kier molecular flexibility index (Phi) is 7.21. The number of benzene rings is 1. The van der Waals surface area contributed by atoms with Gasteiger partial charge in [0.15, 0.2) is 0 Å². The summed E-state index contributed by atoms with van der Waals surface area (Å²) in [7, 11) is 3.87. The maximum Gasteiger partial charge on any atom is 0.243 e. The lowest BCUT2D eigenvalue weighted by atomic mass is 10.0. The predicted octanol–water partition coefficient (Wildman–Crippen LogP) is 2.85. The van der Waals surface area contributed by atoms with Crippen molar-refractivity contribution in [3.8, 4) is 0 Å². The van der Waals surface area contributed by atoms with Gasteiger partial charge in [-0.1, -0.05) is 23.7 Å². The third-order valence-corrected chi connectivity index (χ3v) is 4.45. The number of amides is 1. The second kappa shape index (κ2) is 9.16. The quantitative estimate of drug-likeness (QED) is 0.766. The van der Waals surface area contributed by atoms with E-state index in [0.717, 1.165) is 25.9 Å². The molecule has 1 aromatic rings. The Morgan fingerprint density at radius 2 is 2.12 bits per heavy atom. The van der Waals surface area contributed by atoms with E-state index in [4.69, 9.17) is 11.6 Å². The average Bonchev–Trinajstić information content (AvgIpc) is 3.03. The average molecular weight is 354 g/mol. The van der Waals surface area contributed by atoms with Crippen LogP contribution in [0.1, 0.15) is 24.4 Å². The molecule has 1 fully saturated rings. The van der Waals surface area contributed by atoms with E-state index in [9.17, 15) is 9.18 Å². The van der Waals surface area contributed by atoms with Crippen molar-refractivity contribution in [3.05, 3.63) is 46.8 Å². The molecule has 1 aliphatic heterocycles. The van der Waals surface area contributed by atoms with Crippen molar-refractivity contribution in [2.45, 2.75) is 18.9 Å². The Balaban J connectivity index is 2.07. The van der Waals surface area contributed by atoms with E-state index < -0.39 is 0 Å². The van der Waals surface area contributed by atoms with Gasteiger partial charge in [0.25, 0.3) is 0 Å². The van der Waals surface area contributed by atoms with Gasteiger partial charge in [-0.05, 0) is 52.2 Å². The van der Waals surface area contributed by atoms with Crippen LogP contribution < -0.4 is 5.32 Å². The molecular weight excluding hydrogens is 329 g/mol. The zero-order valence-corrected chi connectivity index (χ0v) is 15.0. The first-order valence-electron chi connectivity index (χ1n) is 8.26. The highest BCUT2D eigenvalue weighted by Gasteiger charge is 2.27. The number of carbonyl (C=O) groups excluding carboxylic acids is 1. The van der Waals surface area contributed by atoms with Crippen LogP contribution in [0.2, 0.25) is 5.02 Å². The van der Waals surface area contributed by atoms with Crippen molar-refractivity contribution in [3.63, 3.8) is 0 Å². The first-order valence-corrected chi connectivity index (χ1v) is 8.64. The SMILES string of the molecule is CN(C)C/C=C/C(=O)NCC(c1c(F)cccc1Cl)N1CCCC1. The van der Waals surface area contributed by atoms with E-state index in [0.29, 0.717) is 23.7 Å². The summed E-state index contributed by atoms with van der Waals surface area (Å²) in [5, 5.41) is 3.28. The second-order valence-corrected chi connectivity index (χ2v) is 6.71. The van der Waals surface area contributed by atoms with Gasteiger partial charge in [-0.25, -0.2) is 4.39 Å². The van der Waals surface area contributed by atoms with Crippen LogP contribution in [0.15, 0.2) is 30.4 Å². The van der Waals surface area contributed by atoms with Crippen molar-refractivity contribution < 1.29 is 9.18 Å². The van der Waals surface area contributed by atoms with Gasteiger partial charge < -0.3 is 10.2 Å². The summed E-state index contributed by atoms with van der Waals surface area (Å²) in [5.74, 6) is -0.495. The summed E-state index contributed by atoms with van der Waals surface area (Å²) >= 11 is 6.24. The number of likely N-dealkylation sites (tertiary alicyclic amines) is 1. The van der Waals surface area contributed by atoms with Gasteiger partial charge in [0.1, 0.15) is 5.82 Å². The van der Waals surface area contributed by atoms with Crippen LogP contribution >= 0.6 is 11.6 Å². The topological polar surface area (TPSA) is 35.6 Å². The summed E-state index contributed by atoms with van der Waals surface area (Å²) in [6, 6.07) is 4.47. The molecule has 1 aliphatic rings. The van der Waals surface area contributed by atoms with E-state index in [1.54, 1.807) is 18.2 Å². The smallest absolute Gasteiger partial charge is 0.243 e. The van der Waals surface area contributed by atoms with Gasteiger partial charge in [-0.3, -0.25) is 9.69 Å². The van der Waals surface area contributed by atoms with Gasteiger partial charge in [0, 0.05) is 29.8 Å². The van der Waals surface area contributed by atoms with E-state index >= 15 is 0 Å². The minimum Gasteiger partial charge on any atom is -0.351 e. The molecule has 24 heavy (non-hydrogen) atoms. The van der Waals surface area contributed by atoms with Gasteiger partial charge in [-0.2, -0.15) is 0 Å². The molecule has 1 N–H and O–H groups in total. The molecule has 1 atom stereocenters. The first kappa shape index (κ1) is 18.9. The molecule has 6 heteroatoms. The van der Waals surface area contributed by atoms with E-state index in [1.165, 1.54) is 12.1 Å². The summed E-state index contributed by atoms with van der Waals surface area (Å²) in [5.41, 5.74) is 0.471. The summed E-state index contributed by atoms with van der Waals surface area (Å²) in [6.07, 6.45) is 5.48. The fraction of sp³-hybridized carbons (Fsp3) is 0.500. The molecule has 0 bridgehead atoms. The van der Waals surface area contributed by atoms with Crippen LogP contribution in [0.5, 0.6) is 0 Å². The molecule has 0 aromatic heterocycles. The molecule has 0 spiro atoms. The molecule has 1 saturated heterocycles. The largest absolute Gasteiger partial charge is 0.351 e. The van der Waals surface area contributed by atoms with Gasteiger partial charge in [-0.15, -0.1) is 0 Å². The third kappa shape index (κ3) is 5.30. The Hall–Kier alpha value is -1.43. The van der Waals surface area contributed by atoms with Crippen molar-refractivity contribution in [1.82, 2.24) is 15.1 Å². The van der Waals surface area contributed by atoms with Gasteiger partial charge >= 0.3 is 0 Å². The Morgan fingerprint density at radius 3 is 2.75 bits per heavy atom. The maximum absolute atomic E-state index is 14.3. The van der Waals surface area contributed by atoms with Crippen molar-refractivity contribution >= 4 is 17.5 Å². The molecule has 4 nitrogen and oxygen atoms in total. The van der Waals surface area contributed by atoms with Crippen molar-refractivity contribution in [2.24, 2.45) is 0 Å². The number of halogens is 2. The highest BCUT2D eigenvalue weighted by atomic mass is 35.5. The first-order chi connectivity index (χ1) is 11.5. The minimum atomic E-state index is -0.322. The number of likely N-dealkylation sites (N-methyl/N-ethyl adjacent to an activating group) is 1. The highest BCUT2D eigenvalue weighted by molar-refractivity contribution is 6.31. The summed E-state index contributed by atoms with van der Waals surface area (Å²) < 4.78 is 14.3. The van der Waals surface area contributed by atoms with E-state index in [2.05, 4.69) is 10.2 Å². The van der Waals surface area contributed by atoms with Crippen LogP contribution in [0.3, 0.4) is 0 Å². The highest BCUT2D eigenvalue weighted by Crippen LogP contribution is 2.31. The number of hydrogen-bond acceptors (Lipinski definition) is 3. The Labute approximate surface area is 148 Å². The molecule has 1 aromatic carbocycles. The third-order valence-electron chi connectivity index (χ3n) is 4.12. The predicted molar refractivity (Wildman–Crippen MR) is 95.7 cm³/mol. The van der Waals surface area contributed by atoms with E-state index in [1.807, 2.05) is 19.0 Å². The molecule has 0 saturated carbocycles. The van der Waals surface area contributed by atoms with Crippen LogP contribution in [0.25, 0.3) is 0 Å². The number of hydrogen-bond donors (Lipinski definition) is 1. The molecule has 0 aliphatic carbocycles. The summed E-state index contributed by atoms with van der Waals surface area (Å²) in [6.45, 7) is 2.82. The van der Waals surface area contributed by atoms with Crippen LogP contribution in [0, 0.1) is 5.82 Å². The van der Waals surface area contributed by atoms with Gasteiger partial charge in [0.05, 0.1) is 6.04 Å². The number of carbonyl (C=O) groups is 1. The Bertz CT molecular complexity index is 565. The number of nitrogens with zero attached hydrogens (tertiary/aromatic N) is 2. The van der Waals surface area contributed by atoms with Crippen molar-refractivity contribution in [2.75, 3.05) is 40.3 Å². The monoisotopic (exact) mass is 353 g/mol. The maximum atomic E-state index is 14.3. The molecule has 1 heterocycles. The Morgan fingerprint density at radius 1 is 1.42 bits per heavy atom. The van der Waals surface area contributed by atoms with Crippen LogP contribution in [-0.2, 0) is 4.79 Å². The number of rotatable bonds is 7. The lowest BCUT2D eigenvalue weighted by Crippen LogP contribution is -2.37.